The molecule has 36 heavy (non-hydrogen) atoms. The maximum Gasteiger partial charge on any atom is 0.166 e. The topological polar surface area (TPSA) is 77.8 Å². The minimum absolute atomic E-state index is 0.186. The van der Waals surface area contributed by atoms with Crippen molar-refractivity contribution in [3.05, 3.63) is 28.6 Å². The number of carbonyl (C=O) groups is 1. The van der Waals surface area contributed by atoms with E-state index in [1.807, 2.05) is 6.20 Å². The highest BCUT2D eigenvalue weighted by Crippen LogP contribution is 2.38. The Hall–Kier alpha value is -2.21. The Morgan fingerprint density at radius 1 is 1.17 bits per heavy atom. The molecule has 2 fully saturated rings. The largest absolute Gasteiger partial charge is 0.393 e. The van der Waals surface area contributed by atoms with Gasteiger partial charge >= 0.3 is 0 Å². The van der Waals surface area contributed by atoms with E-state index in [1.54, 1.807) is 0 Å². The number of fused-ring (bicyclic) bond motifs is 1. The van der Waals surface area contributed by atoms with Gasteiger partial charge in [-0.1, -0.05) is 25.5 Å². The van der Waals surface area contributed by atoms with Crippen molar-refractivity contribution in [2.75, 3.05) is 25.0 Å². The number of rotatable bonds is 7. The van der Waals surface area contributed by atoms with E-state index in [-0.39, 0.29) is 11.9 Å². The van der Waals surface area contributed by atoms with Crippen LogP contribution in [0.25, 0.3) is 6.08 Å². The standard InChI is InChI=1S/C30H44N4O2/c1-3-20(2)22-17-25-27(18-22)32-19-26(30(25)33-23-7-9-24(35)10-8-23)28(36)16-21-11-14-34(15-12-21)29-6-4-5-13-31-29/h17,19-21,23-24,35H,3-16,18H2,1-2H3,(H,32,33). The minimum Gasteiger partial charge on any atom is -0.393 e. The molecule has 0 radical (unpaired) electrons. The van der Waals surface area contributed by atoms with E-state index in [9.17, 15) is 9.90 Å². The first-order valence-electron chi connectivity index (χ1n) is 14.5. The van der Waals surface area contributed by atoms with Gasteiger partial charge < -0.3 is 15.3 Å². The number of pyridine rings is 1. The fraction of sp³-hybridized carbons (Fsp3) is 0.700. The summed E-state index contributed by atoms with van der Waals surface area (Å²) in [5.74, 6) is 2.47. The summed E-state index contributed by atoms with van der Waals surface area (Å²) >= 11 is 0. The average Bonchev–Trinajstić information content (AvgIpc) is 3.35. The van der Waals surface area contributed by atoms with Crippen molar-refractivity contribution in [3.63, 3.8) is 0 Å². The number of aromatic nitrogens is 1. The number of nitrogens with zero attached hydrogens (tertiary/aromatic N) is 3. The number of Topliss-reactive ketones (excluding diaryl/α,β-unsaturated/α-hetero) is 1. The lowest BCUT2D eigenvalue weighted by molar-refractivity contribution is 0.0943. The SMILES string of the molecule is CCC(C)C1=Cc2c(ncc(C(=O)CC3CCN(C4=NCCCC4)CC3)c2NC2CCC(O)CC2)C1. The maximum absolute atomic E-state index is 13.7. The molecule has 1 unspecified atom stereocenters. The molecule has 1 atom stereocenters. The number of likely N-dealkylation sites (tertiary alicyclic amines) is 1. The molecular weight excluding hydrogens is 448 g/mol. The van der Waals surface area contributed by atoms with Gasteiger partial charge in [-0.3, -0.25) is 14.8 Å². The van der Waals surface area contributed by atoms with E-state index >= 15 is 0 Å². The fourth-order valence-electron chi connectivity index (χ4n) is 6.37. The molecule has 0 spiro atoms. The van der Waals surface area contributed by atoms with Crippen molar-refractivity contribution in [1.82, 2.24) is 9.88 Å². The van der Waals surface area contributed by atoms with E-state index < -0.39 is 0 Å². The van der Waals surface area contributed by atoms with E-state index in [0.29, 0.717) is 24.3 Å². The molecular formula is C30H44N4O2. The van der Waals surface area contributed by atoms with Crippen LogP contribution < -0.4 is 5.32 Å². The zero-order valence-electron chi connectivity index (χ0n) is 22.3. The van der Waals surface area contributed by atoms with Gasteiger partial charge in [0.25, 0.3) is 0 Å². The van der Waals surface area contributed by atoms with Gasteiger partial charge in [0.05, 0.1) is 28.9 Å². The van der Waals surface area contributed by atoms with Gasteiger partial charge in [-0.2, -0.15) is 0 Å². The monoisotopic (exact) mass is 492 g/mol. The third kappa shape index (κ3) is 5.69. The first-order valence-corrected chi connectivity index (χ1v) is 14.5. The first-order chi connectivity index (χ1) is 17.5. The zero-order valence-corrected chi connectivity index (χ0v) is 22.3. The molecule has 6 heteroatoms. The number of nitrogens with one attached hydrogen (secondary N) is 1. The summed E-state index contributed by atoms with van der Waals surface area (Å²) in [4.78, 5) is 25.7. The van der Waals surface area contributed by atoms with E-state index in [4.69, 9.17) is 9.98 Å². The third-order valence-corrected chi connectivity index (χ3v) is 9.05. The van der Waals surface area contributed by atoms with Crippen LogP contribution in [0.15, 0.2) is 16.8 Å². The highest BCUT2D eigenvalue weighted by molar-refractivity contribution is 6.03. The number of anilines is 1. The molecule has 1 aromatic rings. The number of ketones is 1. The van der Waals surface area contributed by atoms with Gasteiger partial charge in [0.1, 0.15) is 0 Å². The van der Waals surface area contributed by atoms with Crippen LogP contribution in [0, 0.1) is 11.8 Å². The van der Waals surface area contributed by atoms with Crippen LogP contribution in [0.4, 0.5) is 5.69 Å². The van der Waals surface area contributed by atoms with E-state index in [0.717, 1.165) is 99.9 Å². The molecule has 6 nitrogen and oxygen atoms in total. The number of piperidine rings is 1. The van der Waals surface area contributed by atoms with Gasteiger partial charge in [-0.15, -0.1) is 0 Å². The molecule has 2 aliphatic carbocycles. The summed E-state index contributed by atoms with van der Waals surface area (Å²) in [6.45, 7) is 7.54. The number of aliphatic imine (C=N–C) groups is 1. The fourth-order valence-corrected chi connectivity index (χ4v) is 6.37. The third-order valence-electron chi connectivity index (χ3n) is 9.05. The van der Waals surface area contributed by atoms with Gasteiger partial charge in [-0.05, 0) is 69.6 Å². The second-order valence-corrected chi connectivity index (χ2v) is 11.6. The van der Waals surface area contributed by atoms with Crippen LogP contribution >= 0.6 is 0 Å². The predicted octanol–water partition coefficient (Wildman–Crippen LogP) is 5.65. The molecule has 1 saturated carbocycles. The summed E-state index contributed by atoms with van der Waals surface area (Å²) in [6.07, 6.45) is 15.8. The van der Waals surface area contributed by atoms with Crippen LogP contribution in [0.1, 0.15) is 106 Å². The highest BCUT2D eigenvalue weighted by atomic mass is 16.3. The number of hydrogen-bond donors (Lipinski definition) is 2. The second-order valence-electron chi connectivity index (χ2n) is 11.6. The first kappa shape index (κ1) is 25.4. The Morgan fingerprint density at radius 2 is 1.94 bits per heavy atom. The maximum atomic E-state index is 13.7. The van der Waals surface area contributed by atoms with Crippen molar-refractivity contribution in [2.24, 2.45) is 16.8 Å². The summed E-state index contributed by atoms with van der Waals surface area (Å²) < 4.78 is 0. The number of allylic oxidation sites excluding steroid dienone is 1. The predicted molar refractivity (Wildman–Crippen MR) is 147 cm³/mol. The summed E-state index contributed by atoms with van der Waals surface area (Å²) in [6, 6.07) is 0.298. The van der Waals surface area contributed by atoms with Gasteiger partial charge in [-0.25, -0.2) is 0 Å². The molecule has 5 rings (SSSR count). The Morgan fingerprint density at radius 3 is 2.64 bits per heavy atom. The second kappa shape index (κ2) is 11.5. The van der Waals surface area contributed by atoms with Crippen molar-refractivity contribution < 1.29 is 9.90 Å². The lowest BCUT2D eigenvalue weighted by Crippen LogP contribution is -2.39. The van der Waals surface area contributed by atoms with Crippen molar-refractivity contribution in [3.8, 4) is 0 Å². The Bertz CT molecular complexity index is 1000. The molecule has 1 saturated heterocycles. The minimum atomic E-state index is -0.186. The smallest absolute Gasteiger partial charge is 0.166 e. The van der Waals surface area contributed by atoms with Crippen LogP contribution in [-0.2, 0) is 6.42 Å². The molecule has 0 amide bonds. The zero-order chi connectivity index (χ0) is 25.1. The quantitative estimate of drug-likeness (QED) is 0.481. The normalized spacial score (nSPS) is 25.7. The summed E-state index contributed by atoms with van der Waals surface area (Å²) in [5.41, 5.74) is 5.41. The van der Waals surface area contributed by atoms with E-state index in [2.05, 4.69) is 30.1 Å². The number of hydrogen-bond acceptors (Lipinski definition) is 6. The van der Waals surface area contributed by atoms with Crippen LogP contribution in [0.2, 0.25) is 0 Å². The molecule has 3 heterocycles. The van der Waals surface area contributed by atoms with Gasteiger partial charge in [0.15, 0.2) is 5.78 Å². The Balaban J connectivity index is 1.31. The summed E-state index contributed by atoms with van der Waals surface area (Å²) in [5, 5.41) is 13.8. The lowest BCUT2D eigenvalue weighted by Gasteiger charge is -2.35. The number of aliphatic hydroxyl groups excluding tert-OH is 1. The van der Waals surface area contributed by atoms with Crippen molar-refractivity contribution >= 4 is 23.4 Å². The van der Waals surface area contributed by atoms with Gasteiger partial charge in [0.2, 0.25) is 0 Å². The van der Waals surface area contributed by atoms with Crippen LogP contribution in [0.3, 0.4) is 0 Å². The highest BCUT2D eigenvalue weighted by Gasteiger charge is 2.30. The van der Waals surface area contributed by atoms with Crippen molar-refractivity contribution in [1.29, 1.82) is 0 Å². The number of amidine groups is 1. The van der Waals surface area contributed by atoms with Gasteiger partial charge in [0, 0.05) is 56.7 Å². The molecule has 1 aromatic heterocycles. The van der Waals surface area contributed by atoms with Crippen LogP contribution in [0.5, 0.6) is 0 Å². The number of aliphatic hydroxyl groups is 1. The molecule has 0 bridgehead atoms. The molecule has 0 aromatic carbocycles. The Kier molecular flexibility index (Phi) is 8.09. The number of carbonyl (C=O) groups excluding carboxylic acids is 1. The summed E-state index contributed by atoms with van der Waals surface area (Å²) in [7, 11) is 0. The molecule has 196 valence electrons. The molecule has 2 N–H and O–H groups in total. The molecule has 2 aliphatic heterocycles. The lowest BCUT2D eigenvalue weighted by atomic mass is 9.88. The Labute approximate surface area is 216 Å². The molecule has 4 aliphatic rings. The van der Waals surface area contributed by atoms with Crippen LogP contribution in [-0.4, -0.2) is 58.4 Å². The van der Waals surface area contributed by atoms with Crippen molar-refractivity contribution in [2.45, 2.75) is 103 Å². The van der Waals surface area contributed by atoms with E-state index in [1.165, 1.54) is 24.3 Å². The average molecular weight is 493 g/mol.